The summed E-state index contributed by atoms with van der Waals surface area (Å²) in [6, 6.07) is 6.32. The predicted molar refractivity (Wildman–Crippen MR) is 68.7 cm³/mol. The number of rotatable bonds is 6. The van der Waals surface area contributed by atoms with E-state index in [1.165, 1.54) is 13.2 Å². The average molecular weight is 264 g/mol. The van der Waals surface area contributed by atoms with Crippen LogP contribution in [0.5, 0.6) is 0 Å². The highest BCUT2D eigenvalue weighted by Gasteiger charge is 2.10. The van der Waals surface area contributed by atoms with Gasteiger partial charge in [0.15, 0.2) is 0 Å². The molecule has 0 aliphatic carbocycles. The van der Waals surface area contributed by atoms with Gasteiger partial charge in [-0.3, -0.25) is 9.69 Å². The number of ether oxygens (including phenoxy) is 1. The highest BCUT2D eigenvalue weighted by atomic mass is 19.1. The molecule has 0 heterocycles. The Morgan fingerprint density at radius 1 is 1.53 bits per heavy atom. The lowest BCUT2D eigenvalue weighted by Gasteiger charge is -2.20. The highest BCUT2D eigenvalue weighted by Crippen LogP contribution is 2.12. The molecule has 19 heavy (non-hydrogen) atoms. The maximum Gasteiger partial charge on any atom is 0.306 e. The highest BCUT2D eigenvalue weighted by molar-refractivity contribution is 5.69. The molecule has 0 aliphatic heterocycles. The fraction of sp³-hybridized carbons (Fsp3) is 0.429. The Labute approximate surface area is 112 Å². The molecule has 0 saturated heterocycles. The normalized spacial score (nSPS) is 10.3. The number of hydrogen-bond acceptors (Lipinski definition) is 4. The smallest absolute Gasteiger partial charge is 0.306 e. The summed E-state index contributed by atoms with van der Waals surface area (Å²) >= 11 is 0. The van der Waals surface area contributed by atoms with E-state index < -0.39 is 5.82 Å². The number of hydrogen-bond donors (Lipinski definition) is 0. The van der Waals surface area contributed by atoms with Crippen LogP contribution in [-0.4, -0.2) is 31.1 Å². The molecule has 102 valence electrons. The molecule has 0 aliphatic rings. The van der Waals surface area contributed by atoms with Crippen LogP contribution >= 0.6 is 0 Å². The second kappa shape index (κ2) is 7.49. The summed E-state index contributed by atoms with van der Waals surface area (Å²) in [7, 11) is 1.35. The lowest BCUT2D eigenvalue weighted by atomic mass is 10.1. The van der Waals surface area contributed by atoms with E-state index in [9.17, 15) is 9.18 Å². The molecule has 0 amide bonds. The van der Waals surface area contributed by atoms with Crippen molar-refractivity contribution in [2.75, 3.05) is 20.2 Å². The fourth-order valence-corrected chi connectivity index (χ4v) is 1.69. The minimum absolute atomic E-state index is 0.279. The Bertz CT molecular complexity index is 483. The van der Waals surface area contributed by atoms with Crippen LogP contribution in [0.1, 0.15) is 24.5 Å². The third kappa shape index (κ3) is 4.68. The molecule has 5 heteroatoms. The van der Waals surface area contributed by atoms with Crippen LogP contribution in [0.2, 0.25) is 0 Å². The van der Waals surface area contributed by atoms with E-state index >= 15 is 0 Å². The molecule has 1 aromatic rings. The summed E-state index contributed by atoms with van der Waals surface area (Å²) in [4.78, 5) is 13.0. The van der Waals surface area contributed by atoms with Crippen molar-refractivity contribution in [3.63, 3.8) is 0 Å². The summed E-state index contributed by atoms with van der Waals surface area (Å²) in [5.41, 5.74) is 0.824. The van der Waals surface area contributed by atoms with E-state index in [0.717, 1.165) is 0 Å². The number of nitriles is 1. The first-order chi connectivity index (χ1) is 9.10. The van der Waals surface area contributed by atoms with Gasteiger partial charge in [0.1, 0.15) is 5.82 Å². The van der Waals surface area contributed by atoms with Crippen LogP contribution in [0.3, 0.4) is 0 Å². The predicted octanol–water partition coefficient (Wildman–Crippen LogP) is 2.08. The number of nitrogens with zero attached hydrogens (tertiary/aromatic N) is 2. The molecule has 0 atom stereocenters. The number of carbonyl (C=O) groups excluding carboxylic acids is 1. The van der Waals surface area contributed by atoms with Gasteiger partial charge < -0.3 is 4.74 Å². The van der Waals surface area contributed by atoms with Gasteiger partial charge in [0.25, 0.3) is 0 Å². The van der Waals surface area contributed by atoms with Crippen molar-refractivity contribution < 1.29 is 13.9 Å². The third-order valence-corrected chi connectivity index (χ3v) is 2.88. The Hall–Kier alpha value is -1.93. The zero-order valence-electron chi connectivity index (χ0n) is 11.1. The summed E-state index contributed by atoms with van der Waals surface area (Å²) in [6.45, 7) is 3.57. The van der Waals surface area contributed by atoms with E-state index in [2.05, 4.69) is 4.74 Å². The first-order valence-corrected chi connectivity index (χ1v) is 6.08. The second-order valence-corrected chi connectivity index (χ2v) is 4.11. The molecule has 0 spiro atoms. The number of carbonyl (C=O) groups is 1. The van der Waals surface area contributed by atoms with Gasteiger partial charge in [-0.15, -0.1) is 0 Å². The molecule has 0 saturated carbocycles. The number of esters is 1. The van der Waals surface area contributed by atoms with Crippen LogP contribution in [0.15, 0.2) is 18.2 Å². The Balaban J connectivity index is 2.65. The molecule has 0 bridgehead atoms. The maximum atomic E-state index is 13.7. The largest absolute Gasteiger partial charge is 0.469 e. The van der Waals surface area contributed by atoms with Crippen LogP contribution in [0.25, 0.3) is 0 Å². The average Bonchev–Trinajstić information content (AvgIpc) is 2.44. The van der Waals surface area contributed by atoms with Crippen molar-refractivity contribution in [1.29, 1.82) is 5.26 Å². The Morgan fingerprint density at radius 2 is 2.26 bits per heavy atom. The zero-order chi connectivity index (χ0) is 14.3. The second-order valence-electron chi connectivity index (χ2n) is 4.11. The molecule has 0 radical (unpaired) electrons. The van der Waals surface area contributed by atoms with Crippen LogP contribution < -0.4 is 0 Å². The SMILES string of the molecule is CCN(CCC(=O)OC)Cc1ccc(C#N)cc1F. The molecule has 0 aromatic heterocycles. The molecule has 1 rings (SSSR count). The minimum Gasteiger partial charge on any atom is -0.469 e. The van der Waals surface area contributed by atoms with Gasteiger partial charge in [0.05, 0.1) is 25.2 Å². The van der Waals surface area contributed by atoms with Gasteiger partial charge in [0, 0.05) is 18.7 Å². The Morgan fingerprint density at radius 3 is 2.79 bits per heavy atom. The molecule has 0 fully saturated rings. The third-order valence-electron chi connectivity index (χ3n) is 2.88. The fourth-order valence-electron chi connectivity index (χ4n) is 1.69. The molecular weight excluding hydrogens is 247 g/mol. The van der Waals surface area contributed by atoms with Crippen molar-refractivity contribution >= 4 is 5.97 Å². The molecule has 1 aromatic carbocycles. The van der Waals surface area contributed by atoms with E-state index in [1.54, 1.807) is 12.1 Å². The quantitative estimate of drug-likeness (QED) is 0.738. The number of benzene rings is 1. The van der Waals surface area contributed by atoms with Crippen molar-refractivity contribution in [2.45, 2.75) is 19.9 Å². The minimum atomic E-state index is -0.393. The van der Waals surface area contributed by atoms with Crippen molar-refractivity contribution in [2.24, 2.45) is 0 Å². The molecule has 4 nitrogen and oxygen atoms in total. The topological polar surface area (TPSA) is 53.3 Å². The van der Waals surface area contributed by atoms with Gasteiger partial charge in [-0.25, -0.2) is 4.39 Å². The molecular formula is C14H17FN2O2. The van der Waals surface area contributed by atoms with Crippen molar-refractivity contribution in [1.82, 2.24) is 4.90 Å². The number of methoxy groups -OCH3 is 1. The van der Waals surface area contributed by atoms with Crippen LogP contribution in [0.4, 0.5) is 4.39 Å². The van der Waals surface area contributed by atoms with Crippen LogP contribution in [0, 0.1) is 17.1 Å². The molecule has 0 N–H and O–H groups in total. The summed E-state index contributed by atoms with van der Waals surface area (Å²) in [5, 5.41) is 8.67. The van der Waals surface area contributed by atoms with E-state index in [-0.39, 0.29) is 12.4 Å². The van der Waals surface area contributed by atoms with Gasteiger partial charge in [-0.05, 0) is 18.7 Å². The van der Waals surface area contributed by atoms with Crippen molar-refractivity contribution in [3.05, 3.63) is 35.1 Å². The first kappa shape index (κ1) is 15.1. The zero-order valence-corrected chi connectivity index (χ0v) is 11.1. The summed E-state index contributed by atoms with van der Waals surface area (Å²) in [5.74, 6) is -0.672. The van der Waals surface area contributed by atoms with Gasteiger partial charge in [0.2, 0.25) is 0 Å². The van der Waals surface area contributed by atoms with Crippen LogP contribution in [-0.2, 0) is 16.1 Å². The summed E-state index contributed by atoms with van der Waals surface area (Å²) < 4.78 is 18.3. The summed E-state index contributed by atoms with van der Waals surface area (Å²) in [6.07, 6.45) is 0.280. The van der Waals surface area contributed by atoms with Gasteiger partial charge in [-0.2, -0.15) is 5.26 Å². The van der Waals surface area contributed by atoms with Gasteiger partial charge in [-0.1, -0.05) is 13.0 Å². The van der Waals surface area contributed by atoms with E-state index in [1.807, 2.05) is 17.9 Å². The Kier molecular flexibility index (Phi) is 5.97. The maximum absolute atomic E-state index is 13.7. The van der Waals surface area contributed by atoms with Crippen molar-refractivity contribution in [3.8, 4) is 6.07 Å². The monoisotopic (exact) mass is 264 g/mol. The van der Waals surface area contributed by atoms with E-state index in [4.69, 9.17) is 5.26 Å². The standard InChI is InChI=1S/C14H17FN2O2/c1-3-17(7-6-14(18)19-2)10-12-5-4-11(9-16)8-13(12)15/h4-5,8H,3,6-7,10H2,1-2H3. The number of halogens is 1. The van der Waals surface area contributed by atoms with Gasteiger partial charge >= 0.3 is 5.97 Å². The molecule has 0 unspecified atom stereocenters. The lowest BCUT2D eigenvalue weighted by Crippen LogP contribution is -2.26. The van der Waals surface area contributed by atoms with E-state index in [0.29, 0.717) is 30.8 Å². The first-order valence-electron chi connectivity index (χ1n) is 6.08. The lowest BCUT2D eigenvalue weighted by molar-refractivity contribution is -0.141.